The minimum atomic E-state index is -0.589. The maximum absolute atomic E-state index is 10.1. The molecule has 0 radical (unpaired) electrons. The predicted molar refractivity (Wildman–Crippen MR) is 75.8 cm³/mol. The molecule has 0 fully saturated rings. The van der Waals surface area contributed by atoms with Crippen LogP contribution in [0.3, 0.4) is 0 Å². The average Bonchev–Trinajstić information content (AvgIpc) is 2.46. The zero-order chi connectivity index (χ0) is 13.7. The first kappa shape index (κ1) is 13.1. The number of nitriles is 1. The zero-order valence-electron chi connectivity index (χ0n) is 10.8. The molecule has 1 atom stereocenters. The third kappa shape index (κ3) is 3.34. The van der Waals surface area contributed by atoms with Crippen LogP contribution in [0, 0.1) is 18.3 Å². The van der Waals surface area contributed by atoms with E-state index in [0.717, 1.165) is 16.8 Å². The van der Waals surface area contributed by atoms with Gasteiger partial charge in [0.1, 0.15) is 6.07 Å². The zero-order valence-corrected chi connectivity index (χ0v) is 10.8. The Kier molecular flexibility index (Phi) is 4.17. The molecule has 0 aromatic heterocycles. The molecule has 0 amide bonds. The first-order valence-electron chi connectivity index (χ1n) is 6.18. The summed E-state index contributed by atoms with van der Waals surface area (Å²) in [7, 11) is 0. The second-order valence-electron chi connectivity index (χ2n) is 4.47. The van der Waals surface area contributed by atoms with E-state index in [1.165, 1.54) is 0 Å². The van der Waals surface area contributed by atoms with Crippen LogP contribution in [0.1, 0.15) is 22.8 Å². The van der Waals surface area contributed by atoms with Crippen molar-refractivity contribution >= 4 is 5.69 Å². The molecule has 0 aliphatic rings. The summed E-state index contributed by atoms with van der Waals surface area (Å²) >= 11 is 0. The van der Waals surface area contributed by atoms with E-state index in [9.17, 15) is 5.11 Å². The van der Waals surface area contributed by atoms with E-state index >= 15 is 0 Å². The molecule has 2 rings (SSSR count). The number of nitrogens with one attached hydrogen (secondary N) is 1. The van der Waals surface area contributed by atoms with Crippen LogP contribution in [0.25, 0.3) is 0 Å². The smallest absolute Gasteiger partial charge is 0.101 e. The highest BCUT2D eigenvalue weighted by Gasteiger charge is 2.08. The van der Waals surface area contributed by atoms with E-state index in [1.807, 2.05) is 55.5 Å². The molecule has 0 heterocycles. The van der Waals surface area contributed by atoms with Crippen molar-refractivity contribution in [1.82, 2.24) is 0 Å². The number of aryl methyl sites for hydroxylation is 1. The van der Waals surface area contributed by atoms with Gasteiger partial charge in [0.15, 0.2) is 0 Å². The quantitative estimate of drug-likeness (QED) is 0.879. The van der Waals surface area contributed by atoms with Gasteiger partial charge in [0.2, 0.25) is 0 Å². The molecule has 19 heavy (non-hydrogen) atoms. The fourth-order valence-electron chi connectivity index (χ4n) is 1.90. The van der Waals surface area contributed by atoms with Gasteiger partial charge in [-0.25, -0.2) is 0 Å². The molecule has 96 valence electrons. The van der Waals surface area contributed by atoms with Gasteiger partial charge in [0.25, 0.3) is 0 Å². The number of nitrogens with zero attached hydrogens (tertiary/aromatic N) is 1. The summed E-state index contributed by atoms with van der Waals surface area (Å²) in [6.07, 6.45) is -0.589. The van der Waals surface area contributed by atoms with Crippen LogP contribution in [0.4, 0.5) is 5.69 Å². The van der Waals surface area contributed by atoms with Gasteiger partial charge in [0.05, 0.1) is 17.4 Å². The monoisotopic (exact) mass is 252 g/mol. The van der Waals surface area contributed by atoms with Gasteiger partial charge in [0, 0.05) is 6.54 Å². The summed E-state index contributed by atoms with van der Waals surface area (Å²) < 4.78 is 0. The summed E-state index contributed by atoms with van der Waals surface area (Å²) in [5.41, 5.74) is 3.26. The van der Waals surface area contributed by atoms with Crippen LogP contribution in [0.2, 0.25) is 0 Å². The number of rotatable bonds is 4. The van der Waals surface area contributed by atoms with E-state index in [4.69, 9.17) is 5.26 Å². The lowest BCUT2D eigenvalue weighted by molar-refractivity contribution is 0.191. The minimum Gasteiger partial charge on any atom is -0.387 e. The maximum Gasteiger partial charge on any atom is 0.101 e. The van der Waals surface area contributed by atoms with Crippen molar-refractivity contribution in [3.05, 3.63) is 65.2 Å². The van der Waals surface area contributed by atoms with Gasteiger partial charge in [-0.1, -0.05) is 36.4 Å². The number of aliphatic hydroxyl groups is 1. The van der Waals surface area contributed by atoms with E-state index in [0.29, 0.717) is 12.1 Å². The standard InChI is InChI=1S/C16H16N2O/c1-12-7-8-15(14(9-12)10-17)18-11-16(19)13-5-3-2-4-6-13/h2-9,16,18-19H,11H2,1H3. The molecular formula is C16H16N2O. The van der Waals surface area contributed by atoms with E-state index < -0.39 is 6.10 Å². The number of benzene rings is 2. The largest absolute Gasteiger partial charge is 0.387 e. The summed E-state index contributed by atoms with van der Waals surface area (Å²) in [5.74, 6) is 0. The minimum absolute atomic E-state index is 0.377. The van der Waals surface area contributed by atoms with Gasteiger partial charge < -0.3 is 10.4 Å². The fourth-order valence-corrected chi connectivity index (χ4v) is 1.90. The Balaban J connectivity index is 2.05. The maximum atomic E-state index is 10.1. The van der Waals surface area contributed by atoms with Crippen LogP contribution in [0.5, 0.6) is 0 Å². The van der Waals surface area contributed by atoms with Gasteiger partial charge >= 0.3 is 0 Å². The molecule has 1 unspecified atom stereocenters. The van der Waals surface area contributed by atoms with Crippen molar-refractivity contribution < 1.29 is 5.11 Å². The predicted octanol–water partition coefficient (Wildman–Crippen LogP) is 3.01. The van der Waals surface area contributed by atoms with Gasteiger partial charge in [-0.2, -0.15) is 5.26 Å². The molecule has 2 N–H and O–H groups in total. The first-order valence-corrected chi connectivity index (χ1v) is 6.18. The lowest BCUT2D eigenvalue weighted by Crippen LogP contribution is -2.12. The average molecular weight is 252 g/mol. The highest BCUT2D eigenvalue weighted by molar-refractivity contribution is 5.58. The molecule has 0 aliphatic heterocycles. The van der Waals surface area contributed by atoms with Crippen molar-refractivity contribution in [2.75, 3.05) is 11.9 Å². The van der Waals surface area contributed by atoms with Crippen LogP contribution in [0.15, 0.2) is 48.5 Å². The molecule has 2 aromatic rings. The van der Waals surface area contributed by atoms with Crippen LogP contribution in [-0.2, 0) is 0 Å². The van der Waals surface area contributed by atoms with Gasteiger partial charge in [-0.05, 0) is 30.2 Å². The Morgan fingerprint density at radius 3 is 2.63 bits per heavy atom. The van der Waals surface area contributed by atoms with Gasteiger partial charge in [-0.3, -0.25) is 0 Å². The number of hydrogen-bond acceptors (Lipinski definition) is 3. The molecule has 0 bridgehead atoms. The number of aliphatic hydroxyl groups excluding tert-OH is 1. The molecule has 0 saturated heterocycles. The Morgan fingerprint density at radius 2 is 1.95 bits per heavy atom. The lowest BCUT2D eigenvalue weighted by Gasteiger charge is -2.14. The van der Waals surface area contributed by atoms with E-state index in [-0.39, 0.29) is 0 Å². The molecule has 3 nitrogen and oxygen atoms in total. The number of anilines is 1. The van der Waals surface area contributed by atoms with Crippen molar-refractivity contribution in [1.29, 1.82) is 5.26 Å². The Bertz CT molecular complexity index is 587. The molecule has 2 aromatic carbocycles. The van der Waals surface area contributed by atoms with Crippen molar-refractivity contribution in [3.8, 4) is 6.07 Å². The first-order chi connectivity index (χ1) is 9.20. The van der Waals surface area contributed by atoms with Crippen LogP contribution >= 0.6 is 0 Å². The molecule has 0 saturated carbocycles. The molecule has 3 heteroatoms. The topological polar surface area (TPSA) is 56.0 Å². The van der Waals surface area contributed by atoms with E-state index in [2.05, 4.69) is 11.4 Å². The normalized spacial score (nSPS) is 11.6. The molecule has 0 aliphatic carbocycles. The summed E-state index contributed by atoms with van der Waals surface area (Å²) in [4.78, 5) is 0. The third-order valence-electron chi connectivity index (χ3n) is 2.97. The fraction of sp³-hybridized carbons (Fsp3) is 0.188. The van der Waals surface area contributed by atoms with Crippen LogP contribution < -0.4 is 5.32 Å². The summed E-state index contributed by atoms with van der Waals surface area (Å²) in [5, 5.41) is 22.2. The lowest BCUT2D eigenvalue weighted by atomic mass is 10.1. The molecular weight excluding hydrogens is 236 g/mol. The van der Waals surface area contributed by atoms with E-state index in [1.54, 1.807) is 0 Å². The Morgan fingerprint density at radius 1 is 1.21 bits per heavy atom. The Labute approximate surface area is 113 Å². The summed E-state index contributed by atoms with van der Waals surface area (Å²) in [6.45, 7) is 2.32. The molecule has 0 spiro atoms. The van der Waals surface area contributed by atoms with Crippen LogP contribution in [-0.4, -0.2) is 11.7 Å². The third-order valence-corrected chi connectivity index (χ3v) is 2.97. The Hall–Kier alpha value is -2.31. The van der Waals surface area contributed by atoms with Crippen molar-refractivity contribution in [2.24, 2.45) is 0 Å². The van der Waals surface area contributed by atoms with Crippen molar-refractivity contribution in [3.63, 3.8) is 0 Å². The van der Waals surface area contributed by atoms with Gasteiger partial charge in [-0.15, -0.1) is 0 Å². The highest BCUT2D eigenvalue weighted by Crippen LogP contribution is 2.18. The second kappa shape index (κ2) is 6.03. The summed E-state index contributed by atoms with van der Waals surface area (Å²) in [6, 6.07) is 17.3. The highest BCUT2D eigenvalue weighted by atomic mass is 16.3. The second-order valence-corrected chi connectivity index (χ2v) is 4.47. The SMILES string of the molecule is Cc1ccc(NCC(O)c2ccccc2)c(C#N)c1. The number of hydrogen-bond donors (Lipinski definition) is 2. The van der Waals surface area contributed by atoms with Crippen molar-refractivity contribution in [2.45, 2.75) is 13.0 Å².